The van der Waals surface area contributed by atoms with Crippen LogP contribution in [0.15, 0.2) is 0 Å². The molecule has 150 valence electrons. The summed E-state index contributed by atoms with van der Waals surface area (Å²) in [5.74, 6) is 1.26. The van der Waals surface area contributed by atoms with Crippen LogP contribution in [0, 0.1) is 23.2 Å². The van der Waals surface area contributed by atoms with Crippen LogP contribution in [0.4, 0.5) is 0 Å². The highest BCUT2D eigenvalue weighted by Gasteiger charge is 2.57. The molecule has 0 aromatic heterocycles. The maximum absolute atomic E-state index is 13.6. The van der Waals surface area contributed by atoms with Crippen molar-refractivity contribution in [3.8, 4) is 0 Å². The van der Waals surface area contributed by atoms with Gasteiger partial charge in [0.25, 0.3) is 0 Å². The number of amides is 1. The molecule has 0 aromatic rings. The predicted molar refractivity (Wildman–Crippen MR) is 97.6 cm³/mol. The van der Waals surface area contributed by atoms with Gasteiger partial charge in [-0.3, -0.25) is 9.59 Å². The molecule has 4 aliphatic carbocycles. The summed E-state index contributed by atoms with van der Waals surface area (Å²) in [6.45, 7) is 3.49. The predicted octanol–water partition coefficient (Wildman–Crippen LogP) is 2.08. The second kappa shape index (κ2) is 6.87. The molecule has 1 aliphatic heterocycles. The summed E-state index contributed by atoms with van der Waals surface area (Å²) in [5, 5.41) is 10.2. The van der Waals surface area contributed by atoms with Gasteiger partial charge in [0.05, 0.1) is 11.5 Å². The Labute approximate surface area is 160 Å². The van der Waals surface area contributed by atoms with E-state index in [4.69, 9.17) is 4.74 Å². The fourth-order valence-electron chi connectivity index (χ4n) is 6.54. The number of rotatable bonds is 5. The summed E-state index contributed by atoms with van der Waals surface area (Å²) < 4.78 is 5.34. The van der Waals surface area contributed by atoms with Gasteiger partial charge < -0.3 is 14.7 Å². The van der Waals surface area contributed by atoms with E-state index in [1.165, 1.54) is 19.3 Å². The van der Waals surface area contributed by atoms with Gasteiger partial charge in [-0.15, -0.1) is 0 Å². The molecule has 6 heteroatoms. The smallest absolute Gasteiger partial charge is 0.329 e. The number of aliphatic hydroxyl groups is 1. The van der Waals surface area contributed by atoms with Crippen LogP contribution in [0.3, 0.4) is 0 Å². The summed E-state index contributed by atoms with van der Waals surface area (Å²) in [7, 11) is 0. The molecule has 6 nitrogen and oxygen atoms in total. The number of nitrogens with zero attached hydrogens (tertiary/aromatic N) is 1. The molecule has 5 aliphatic rings. The van der Waals surface area contributed by atoms with Crippen LogP contribution < -0.4 is 0 Å². The van der Waals surface area contributed by atoms with E-state index in [0.717, 1.165) is 19.3 Å². The number of likely N-dealkylation sites (tertiary alicyclic amines) is 1. The molecular weight excluding hydrogens is 346 g/mol. The summed E-state index contributed by atoms with van der Waals surface area (Å²) in [4.78, 5) is 39.6. The van der Waals surface area contributed by atoms with E-state index in [2.05, 4.69) is 0 Å². The zero-order valence-corrected chi connectivity index (χ0v) is 16.4. The third-order valence-corrected chi connectivity index (χ3v) is 7.40. The molecule has 3 atom stereocenters. The molecular formula is C21H31NO5. The first-order valence-electron chi connectivity index (χ1n) is 10.5. The molecule has 2 unspecified atom stereocenters. The van der Waals surface area contributed by atoms with Crippen molar-refractivity contribution >= 4 is 17.7 Å². The monoisotopic (exact) mass is 377 g/mol. The Hall–Kier alpha value is -1.43. The quantitative estimate of drug-likeness (QED) is 0.742. The normalized spacial score (nSPS) is 40.9. The van der Waals surface area contributed by atoms with E-state index < -0.39 is 24.2 Å². The maximum Gasteiger partial charge on any atom is 0.329 e. The van der Waals surface area contributed by atoms with Crippen LogP contribution in [0.1, 0.15) is 65.2 Å². The van der Waals surface area contributed by atoms with Crippen molar-refractivity contribution in [2.24, 2.45) is 23.2 Å². The van der Waals surface area contributed by atoms with Gasteiger partial charge in [0.2, 0.25) is 5.91 Å². The van der Waals surface area contributed by atoms with E-state index in [1.807, 2.05) is 0 Å². The molecule has 0 spiro atoms. The molecule has 5 fully saturated rings. The Kier molecular flexibility index (Phi) is 4.81. The molecule has 1 heterocycles. The summed E-state index contributed by atoms with van der Waals surface area (Å²) in [6, 6.07) is -0.771. The fraction of sp³-hybridized carbons (Fsp3) is 0.857. The number of hydrogen-bond donors (Lipinski definition) is 1. The standard InChI is InChI=1S/C21H31NO5/c1-3-18(24)12(2)27-19(25)17-7-16(23)11-22(17)20(26)21-8-13-4-14(9-21)6-15(5-13)10-21/h12-17,23H,3-11H2,1-2H3/t12?,13?,14?,15?,16?,17-,21?/m0/s1. The number of Topliss-reactive ketones (excluding diaryl/α,β-unsaturated/α-hetero) is 1. The highest BCUT2D eigenvalue weighted by molar-refractivity contribution is 5.91. The van der Waals surface area contributed by atoms with E-state index in [9.17, 15) is 19.5 Å². The molecule has 1 N–H and O–H groups in total. The first-order chi connectivity index (χ1) is 12.8. The van der Waals surface area contributed by atoms with E-state index in [1.54, 1.807) is 18.7 Å². The van der Waals surface area contributed by atoms with Crippen LogP contribution >= 0.6 is 0 Å². The van der Waals surface area contributed by atoms with Crippen molar-refractivity contribution in [3.05, 3.63) is 0 Å². The minimum absolute atomic E-state index is 0.0366. The van der Waals surface area contributed by atoms with Gasteiger partial charge in [-0.05, 0) is 63.2 Å². The molecule has 27 heavy (non-hydrogen) atoms. The summed E-state index contributed by atoms with van der Waals surface area (Å²) >= 11 is 0. The third-order valence-electron chi connectivity index (χ3n) is 7.40. The molecule has 0 aromatic carbocycles. The lowest BCUT2D eigenvalue weighted by molar-refractivity contribution is -0.168. The number of carbonyl (C=O) groups is 3. The number of ketones is 1. The largest absolute Gasteiger partial charge is 0.453 e. The third kappa shape index (κ3) is 3.30. The van der Waals surface area contributed by atoms with Gasteiger partial charge in [0, 0.05) is 19.4 Å². The lowest BCUT2D eigenvalue weighted by Gasteiger charge is -2.56. The highest BCUT2D eigenvalue weighted by atomic mass is 16.5. The van der Waals surface area contributed by atoms with Crippen LogP contribution in [0.25, 0.3) is 0 Å². The van der Waals surface area contributed by atoms with Gasteiger partial charge in [-0.25, -0.2) is 4.79 Å². The Morgan fingerprint density at radius 2 is 1.63 bits per heavy atom. The molecule has 4 bridgehead atoms. The average Bonchev–Trinajstić information content (AvgIpc) is 3.00. The van der Waals surface area contributed by atoms with E-state index >= 15 is 0 Å². The SMILES string of the molecule is CCC(=O)C(C)OC(=O)[C@@H]1CC(O)CN1C(=O)C12CC3CC(CC(C3)C1)C2. The molecule has 5 rings (SSSR count). The van der Waals surface area contributed by atoms with Crippen LogP contribution in [0.5, 0.6) is 0 Å². The summed E-state index contributed by atoms with van der Waals surface area (Å²) in [6.07, 6.45) is 5.51. The average molecular weight is 377 g/mol. The van der Waals surface area contributed by atoms with Crippen LogP contribution in [0.2, 0.25) is 0 Å². The van der Waals surface area contributed by atoms with Gasteiger partial charge >= 0.3 is 5.97 Å². The number of hydrogen-bond acceptors (Lipinski definition) is 5. The lowest BCUT2D eigenvalue weighted by Crippen LogP contribution is -2.56. The first kappa shape index (κ1) is 18.9. The highest BCUT2D eigenvalue weighted by Crippen LogP contribution is 2.60. The van der Waals surface area contributed by atoms with Crippen LogP contribution in [-0.4, -0.2) is 52.5 Å². The van der Waals surface area contributed by atoms with Gasteiger partial charge in [-0.1, -0.05) is 6.92 Å². The molecule has 0 radical (unpaired) electrons. The Morgan fingerprint density at radius 3 is 2.15 bits per heavy atom. The van der Waals surface area contributed by atoms with Crippen molar-refractivity contribution in [1.29, 1.82) is 0 Å². The van der Waals surface area contributed by atoms with Crippen molar-refractivity contribution in [1.82, 2.24) is 4.90 Å². The Bertz CT molecular complexity index is 609. The van der Waals surface area contributed by atoms with Gasteiger partial charge in [0.15, 0.2) is 11.9 Å². The number of carbonyl (C=O) groups excluding carboxylic acids is 3. The Morgan fingerprint density at radius 1 is 1.07 bits per heavy atom. The molecule has 1 saturated heterocycles. The maximum atomic E-state index is 13.6. The van der Waals surface area contributed by atoms with Gasteiger partial charge in [0.1, 0.15) is 6.04 Å². The van der Waals surface area contributed by atoms with E-state index in [0.29, 0.717) is 24.2 Å². The van der Waals surface area contributed by atoms with Crippen molar-refractivity contribution in [3.63, 3.8) is 0 Å². The number of aliphatic hydroxyl groups excluding tert-OH is 1. The minimum atomic E-state index is -0.809. The molecule has 1 amide bonds. The number of ether oxygens (including phenoxy) is 1. The van der Waals surface area contributed by atoms with Crippen molar-refractivity contribution in [2.75, 3.05) is 6.54 Å². The fourth-order valence-corrected chi connectivity index (χ4v) is 6.54. The van der Waals surface area contributed by atoms with Crippen molar-refractivity contribution in [2.45, 2.75) is 83.5 Å². The Balaban J connectivity index is 1.50. The molecule has 4 saturated carbocycles. The second-order valence-corrected chi connectivity index (χ2v) is 9.46. The number of β-amino-alcohol motifs (C(OH)–C–C–N with tert-alkyl or cyclic N) is 1. The first-order valence-corrected chi connectivity index (χ1v) is 10.5. The number of esters is 1. The van der Waals surface area contributed by atoms with Gasteiger partial charge in [-0.2, -0.15) is 0 Å². The zero-order valence-electron chi connectivity index (χ0n) is 16.4. The second-order valence-electron chi connectivity index (χ2n) is 9.46. The lowest BCUT2D eigenvalue weighted by atomic mass is 9.49. The van der Waals surface area contributed by atoms with Crippen molar-refractivity contribution < 1.29 is 24.2 Å². The van der Waals surface area contributed by atoms with Crippen LogP contribution in [-0.2, 0) is 19.1 Å². The van der Waals surface area contributed by atoms with E-state index in [-0.39, 0.29) is 30.1 Å². The minimum Gasteiger partial charge on any atom is -0.453 e. The zero-order chi connectivity index (χ0) is 19.3. The summed E-state index contributed by atoms with van der Waals surface area (Å²) in [5.41, 5.74) is -0.345. The topological polar surface area (TPSA) is 83.9 Å².